The molecule has 0 aromatic heterocycles. The van der Waals surface area contributed by atoms with E-state index in [1.165, 1.54) is 19.3 Å². The Morgan fingerprint density at radius 3 is 0.454 bits per heavy atom. The maximum absolute atomic E-state index is 6.33. The molecule has 1 saturated carbocycles. The van der Waals surface area contributed by atoms with Crippen LogP contribution in [0.25, 0.3) is 0 Å². The van der Waals surface area contributed by atoms with Gasteiger partial charge in [0.1, 0.15) is 0 Å². The van der Waals surface area contributed by atoms with Gasteiger partial charge in [-0.1, -0.05) is 136 Å². The van der Waals surface area contributed by atoms with Gasteiger partial charge in [0.2, 0.25) is 0 Å². The molecular formula is C60H132O18S24Si6. The molecule has 1 fully saturated rings. The summed E-state index contributed by atoms with van der Waals surface area (Å²) in [5.74, 6) is 6.17. The van der Waals surface area contributed by atoms with Crippen molar-refractivity contribution in [2.24, 2.45) is 16.2 Å². The van der Waals surface area contributed by atoms with Crippen LogP contribution in [0.3, 0.4) is 0 Å². The maximum atomic E-state index is 6.33. The van der Waals surface area contributed by atoms with Gasteiger partial charge in [0, 0.05) is 153 Å². The van der Waals surface area contributed by atoms with E-state index in [9.17, 15) is 0 Å². The summed E-state index contributed by atoms with van der Waals surface area (Å²) in [6.07, 6.45) is 10.2. The molecule has 0 aromatic carbocycles. The molecule has 0 aromatic rings. The molecule has 0 radical (unpaired) electrons. The fraction of sp³-hybridized carbons (Fsp3) is 1.00. The molecule has 0 atom stereocenters. The van der Waals surface area contributed by atoms with Crippen molar-refractivity contribution < 1.29 is 79.7 Å². The fourth-order valence-electron chi connectivity index (χ4n) is 12.6. The van der Waals surface area contributed by atoms with E-state index in [1.807, 2.05) is 372 Å². The molecule has 18 nitrogen and oxygen atoms in total. The number of hydrogen-bond acceptors (Lipinski definition) is 42. The first-order valence-corrected chi connectivity index (χ1v) is 80.0. The van der Waals surface area contributed by atoms with E-state index in [0.717, 1.165) is 73.0 Å². The Hall–Kier alpha value is 8.98. The van der Waals surface area contributed by atoms with Crippen molar-refractivity contribution in [3.05, 3.63) is 0 Å². The molecule has 48 heteroatoms. The van der Waals surface area contributed by atoms with Crippen LogP contribution in [-0.2, 0) is 79.7 Å². The lowest BCUT2D eigenvalue weighted by atomic mass is 9.40. The zero-order chi connectivity index (χ0) is 79.8. The van der Waals surface area contributed by atoms with Crippen LogP contribution in [0.15, 0.2) is 0 Å². The first-order chi connectivity index (χ1) is 52.5. The molecule has 1 aliphatic carbocycles. The Bertz CT molecular complexity index is 1750. The van der Waals surface area contributed by atoms with Crippen LogP contribution in [0, 0.1) is 16.2 Å². The zero-order valence-electron chi connectivity index (χ0n) is 67.2. The molecule has 0 N–H and O–H groups in total. The molecule has 0 bridgehead atoms. The van der Waals surface area contributed by atoms with Gasteiger partial charge in [0.25, 0.3) is 0 Å². The van der Waals surface area contributed by atoms with Gasteiger partial charge in [-0.15, -0.1) is 0 Å². The first-order valence-electron chi connectivity index (χ1n) is 37.5. The highest BCUT2D eigenvalue weighted by Crippen LogP contribution is 2.72. The summed E-state index contributed by atoms with van der Waals surface area (Å²) in [5.41, 5.74) is -0.0497. The van der Waals surface area contributed by atoms with Crippen molar-refractivity contribution in [1.29, 1.82) is 0 Å². The Morgan fingerprint density at radius 1 is 0.185 bits per heavy atom. The van der Waals surface area contributed by atoms with Crippen LogP contribution in [0.5, 0.6) is 0 Å². The SMILES string of the molecule is CCO[Si](CSSSSCCC1(CCSSSSC[Si](OCC)(OCC)OCC)CCCC(CCSSSSC[Si](OCC)(OCC)OCC)(CCSSSSC[Si](OCC)(OCC)OCC)C1(CCSSSSC[Si](OCC)(OCC)OCC)CCSSSSC[Si](OCC)(OCC)OCC)(OCC)OCC. The van der Waals surface area contributed by atoms with E-state index in [0.29, 0.717) is 151 Å². The largest absolute Gasteiger partial charge is 0.512 e. The van der Waals surface area contributed by atoms with Gasteiger partial charge in [-0.05, 0) is 310 Å². The van der Waals surface area contributed by atoms with Gasteiger partial charge >= 0.3 is 52.8 Å². The van der Waals surface area contributed by atoms with Crippen LogP contribution in [0.4, 0.5) is 0 Å². The summed E-state index contributed by atoms with van der Waals surface area (Å²) >= 11 is 0. The summed E-state index contributed by atoms with van der Waals surface area (Å²) in [5, 5.41) is 4.17. The Kier molecular flexibility index (Phi) is 78.8. The summed E-state index contributed by atoms with van der Waals surface area (Å²) in [7, 11) is 28.4. The minimum atomic E-state index is -2.85. The van der Waals surface area contributed by atoms with Crippen molar-refractivity contribution in [3.8, 4) is 0 Å². The van der Waals surface area contributed by atoms with Gasteiger partial charge in [-0.3, -0.25) is 0 Å². The minimum Gasteiger partial charge on any atom is -0.373 e. The van der Waals surface area contributed by atoms with Gasteiger partial charge in [-0.2, -0.15) is 0 Å². The third-order valence-corrected chi connectivity index (χ3v) is 80.3. The van der Waals surface area contributed by atoms with E-state index in [4.69, 9.17) is 79.7 Å². The molecule has 0 unspecified atom stereocenters. The van der Waals surface area contributed by atoms with Crippen LogP contribution in [-0.4, -0.2) is 239 Å². The molecule has 0 heterocycles. The van der Waals surface area contributed by atoms with Gasteiger partial charge in [0.15, 0.2) is 0 Å². The van der Waals surface area contributed by atoms with Gasteiger partial charge in [-0.25, -0.2) is 0 Å². The average Bonchev–Trinajstić information content (AvgIpc) is 0.709. The molecular weight excluding hydrogens is 1950 g/mol. The molecule has 1 rings (SSSR count). The van der Waals surface area contributed by atoms with Crippen LogP contribution < -0.4 is 0 Å². The van der Waals surface area contributed by atoms with E-state index < -0.39 is 52.8 Å². The van der Waals surface area contributed by atoms with E-state index in [1.54, 1.807) is 0 Å². The fourth-order valence-corrected chi connectivity index (χ4v) is 79.2. The maximum Gasteiger partial charge on any atom is 0.512 e. The normalized spacial score (nSPS) is 15.2. The van der Waals surface area contributed by atoms with E-state index in [-0.39, 0.29) is 16.2 Å². The van der Waals surface area contributed by atoms with Crippen molar-refractivity contribution in [1.82, 2.24) is 0 Å². The predicted octanol–water partition coefficient (Wildman–Crippen LogP) is 26.1. The van der Waals surface area contributed by atoms with Gasteiger partial charge < -0.3 is 79.7 Å². The highest BCUT2D eigenvalue weighted by molar-refractivity contribution is 9.28. The molecule has 108 heavy (non-hydrogen) atoms. The lowest BCUT2D eigenvalue weighted by Gasteiger charge is -2.65. The monoisotopic (exact) mass is 2080 g/mol. The molecule has 648 valence electrons. The molecule has 0 spiro atoms. The van der Waals surface area contributed by atoms with Crippen LogP contribution in [0.2, 0.25) is 0 Å². The predicted molar refractivity (Wildman–Crippen MR) is 533 cm³/mol. The van der Waals surface area contributed by atoms with Crippen molar-refractivity contribution in [2.75, 3.05) is 186 Å². The van der Waals surface area contributed by atoms with E-state index >= 15 is 0 Å². The van der Waals surface area contributed by atoms with E-state index in [2.05, 4.69) is 0 Å². The zero-order valence-corrected chi connectivity index (χ0v) is 92.8. The minimum absolute atomic E-state index is 0.00190. The Morgan fingerprint density at radius 2 is 0.315 bits per heavy atom. The highest BCUT2D eigenvalue weighted by Gasteiger charge is 2.62. The molecule has 0 saturated heterocycles. The van der Waals surface area contributed by atoms with Crippen molar-refractivity contribution in [2.45, 2.75) is 182 Å². The third-order valence-electron chi connectivity index (χ3n) is 15.9. The average molecular weight is 2080 g/mol. The number of hydrogen-bond donors (Lipinski definition) is 0. The third kappa shape index (κ3) is 46.6. The molecule has 0 aliphatic heterocycles. The second-order valence-electron chi connectivity index (χ2n) is 22.2. The Balaban J connectivity index is 4.40. The van der Waals surface area contributed by atoms with Crippen molar-refractivity contribution in [3.63, 3.8) is 0 Å². The summed E-state index contributed by atoms with van der Waals surface area (Å²) in [6.45, 7) is 46.7. The topological polar surface area (TPSA) is 166 Å². The molecule has 1 aliphatic rings. The summed E-state index contributed by atoms with van der Waals surface area (Å²) < 4.78 is 114. The smallest absolute Gasteiger partial charge is 0.373 e. The lowest BCUT2D eigenvalue weighted by molar-refractivity contribution is -0.143. The quantitative estimate of drug-likeness (QED) is 0.0320. The van der Waals surface area contributed by atoms with Crippen LogP contribution >= 0.6 is 247 Å². The summed E-state index contributed by atoms with van der Waals surface area (Å²) in [6, 6.07) is 0. The standard InChI is InChI=1S/C60H132O18S24Si6/c1-19-61-103(62-20-2,63-21-3)52-85-97-91-79-46-40-58(41-47-80-92-98-86-53-104(64-22-4,65-23-5)66-24-6)38-37-39-59(42-48-81-93-99-87-54-105(67-25-7,68-26-8)69-27-9,43-49-82-94-100-88-55-106(70-28-10,71-29-11)72-30-12)60(58,44-50-83-95-101-89-56-107(73-31-13,74-32-14)75-33-15)45-51-84-96-102-90-57-108(76-34-16,77-35-17)78-36-18/h19-57H2,1-18H3. The second kappa shape index (κ2) is 74.0. The van der Waals surface area contributed by atoms with Crippen molar-refractivity contribution >= 4 is 300 Å². The first kappa shape index (κ1) is 115. The lowest BCUT2D eigenvalue weighted by Crippen LogP contribution is -2.58. The van der Waals surface area contributed by atoms with Crippen LogP contribution in [0.1, 0.15) is 182 Å². The summed E-state index contributed by atoms with van der Waals surface area (Å²) in [4.78, 5) is 0. The second-order valence-corrected chi connectivity index (χ2v) is 77.5. The Labute approximate surface area is 754 Å². The number of rotatable bonds is 84. The highest BCUT2D eigenvalue weighted by atomic mass is 33.7. The van der Waals surface area contributed by atoms with Gasteiger partial charge in [0.05, 0.1) is 32.3 Å². The molecule has 0 amide bonds.